The average Bonchev–Trinajstić information content (AvgIpc) is 2.06. The Hall–Kier alpha value is -0.360. The lowest BCUT2D eigenvalue weighted by molar-refractivity contribution is -0.275. The molecule has 1 rings (SSSR count). The molecule has 0 N–H and O–H groups in total. The van der Waals surface area contributed by atoms with Gasteiger partial charge in [-0.05, 0) is 34.3 Å². The first kappa shape index (κ1) is 11.7. The summed E-state index contributed by atoms with van der Waals surface area (Å²) in [5, 5.41) is 0. The van der Waals surface area contributed by atoms with Gasteiger partial charge in [0, 0.05) is 0 Å². The molecular weight excluding hydrogens is 281 g/mol. The Morgan fingerprint density at radius 3 is 2.50 bits per heavy atom. The summed E-state index contributed by atoms with van der Waals surface area (Å²) < 4.78 is 40.1. The second-order valence-electron chi connectivity index (χ2n) is 2.32. The smallest absolute Gasteiger partial charge is 0.403 e. The normalized spacial score (nSPS) is 11.5. The zero-order valence-electron chi connectivity index (χ0n) is 7.06. The molecule has 1 nitrogen and oxygen atoms in total. The third-order valence-electron chi connectivity index (χ3n) is 1.37. The van der Waals surface area contributed by atoms with Crippen LogP contribution in [0.5, 0.6) is 5.75 Å². The van der Waals surface area contributed by atoms with Gasteiger partial charge >= 0.3 is 6.36 Å². The number of ether oxygens (including phenoxy) is 1. The third-order valence-corrected chi connectivity index (χ3v) is 2.75. The summed E-state index contributed by atoms with van der Waals surface area (Å²) in [5.41, 5.74) is 0. The molecule has 1 aromatic carbocycles. The van der Waals surface area contributed by atoms with Gasteiger partial charge in [0.15, 0.2) is 5.75 Å². The second kappa shape index (κ2) is 4.44. The number of para-hydroxylation sites is 1. The monoisotopic (exact) mass is 286 g/mol. The molecule has 0 atom stereocenters. The van der Waals surface area contributed by atoms with Crippen LogP contribution in [0, 0.1) is 0 Å². The fraction of sp³-hybridized carbons (Fsp3) is 0.250. The van der Waals surface area contributed by atoms with Crippen LogP contribution in [0.15, 0.2) is 27.6 Å². The molecule has 0 fully saturated rings. The van der Waals surface area contributed by atoms with Crippen LogP contribution in [0.4, 0.5) is 13.2 Å². The molecule has 0 aromatic heterocycles. The molecule has 0 bridgehead atoms. The largest absolute Gasteiger partial charge is 0.573 e. The van der Waals surface area contributed by atoms with Crippen molar-refractivity contribution in [2.24, 2.45) is 0 Å². The van der Waals surface area contributed by atoms with Gasteiger partial charge in [0.2, 0.25) is 0 Å². The van der Waals surface area contributed by atoms with Crippen LogP contribution in [0.2, 0.25) is 0 Å². The molecule has 0 aliphatic rings. The van der Waals surface area contributed by atoms with E-state index in [-0.39, 0.29) is 5.75 Å². The van der Waals surface area contributed by atoms with Crippen LogP contribution in [0.25, 0.3) is 0 Å². The topological polar surface area (TPSA) is 9.23 Å². The van der Waals surface area contributed by atoms with E-state index in [4.69, 9.17) is 0 Å². The Kier molecular flexibility index (Phi) is 3.71. The molecule has 0 unspecified atom stereocenters. The van der Waals surface area contributed by atoms with E-state index in [2.05, 4.69) is 20.7 Å². The molecule has 0 radical (unpaired) electrons. The Morgan fingerprint density at radius 1 is 1.36 bits per heavy atom. The highest BCUT2D eigenvalue weighted by Gasteiger charge is 2.32. The highest BCUT2D eigenvalue weighted by Crippen LogP contribution is 2.37. The zero-order chi connectivity index (χ0) is 10.8. The lowest BCUT2D eigenvalue weighted by Crippen LogP contribution is -2.17. The maximum absolute atomic E-state index is 12.0. The molecule has 1 aromatic rings. The Labute approximate surface area is 91.8 Å². The molecule has 78 valence electrons. The van der Waals surface area contributed by atoms with Crippen molar-refractivity contribution in [1.82, 2.24) is 0 Å². The third kappa shape index (κ3) is 3.09. The van der Waals surface area contributed by atoms with Crippen molar-refractivity contribution in [1.29, 1.82) is 0 Å². The number of thioether (sulfide) groups is 1. The van der Waals surface area contributed by atoms with E-state index >= 15 is 0 Å². The molecule has 0 saturated heterocycles. The lowest BCUT2D eigenvalue weighted by Gasteiger charge is -2.13. The zero-order valence-corrected chi connectivity index (χ0v) is 9.46. The van der Waals surface area contributed by atoms with Crippen LogP contribution in [-0.4, -0.2) is 12.6 Å². The number of benzene rings is 1. The molecular formula is C8H6BrF3OS. The first-order valence-corrected chi connectivity index (χ1v) is 5.54. The number of rotatable bonds is 2. The maximum Gasteiger partial charge on any atom is 0.573 e. The van der Waals surface area contributed by atoms with Gasteiger partial charge in [0.05, 0.1) is 9.37 Å². The van der Waals surface area contributed by atoms with E-state index in [1.165, 1.54) is 17.8 Å². The van der Waals surface area contributed by atoms with E-state index in [1.54, 1.807) is 18.4 Å². The van der Waals surface area contributed by atoms with Crippen molar-refractivity contribution in [3.8, 4) is 5.75 Å². The molecule has 0 spiro atoms. The summed E-state index contributed by atoms with van der Waals surface area (Å²) in [6, 6.07) is 4.72. The van der Waals surface area contributed by atoms with Gasteiger partial charge in [-0.2, -0.15) is 0 Å². The minimum absolute atomic E-state index is 0.187. The van der Waals surface area contributed by atoms with Crippen LogP contribution in [-0.2, 0) is 0 Å². The molecule has 0 amide bonds. The maximum atomic E-state index is 12.0. The van der Waals surface area contributed by atoms with Crippen LogP contribution >= 0.6 is 27.7 Å². The second-order valence-corrected chi connectivity index (χ2v) is 4.02. The van der Waals surface area contributed by atoms with Gasteiger partial charge in [-0.1, -0.05) is 6.07 Å². The molecule has 6 heteroatoms. The molecule has 0 aliphatic carbocycles. The first-order valence-electron chi connectivity index (χ1n) is 3.52. The Morgan fingerprint density at radius 2 is 2.00 bits per heavy atom. The van der Waals surface area contributed by atoms with Gasteiger partial charge in [-0.15, -0.1) is 24.9 Å². The Balaban J connectivity index is 3.05. The molecule has 0 aliphatic heterocycles. The van der Waals surface area contributed by atoms with E-state index in [0.29, 0.717) is 9.37 Å². The number of hydrogen-bond acceptors (Lipinski definition) is 2. The highest BCUT2D eigenvalue weighted by atomic mass is 79.9. The van der Waals surface area contributed by atoms with E-state index in [0.717, 1.165) is 0 Å². The molecule has 0 saturated carbocycles. The molecule has 0 heterocycles. The number of halogens is 4. The SMILES string of the molecule is CSc1cccc(Br)c1OC(F)(F)F. The quantitative estimate of drug-likeness (QED) is 0.758. The predicted molar refractivity (Wildman–Crippen MR) is 52.6 cm³/mol. The standard InChI is InChI=1S/C8H6BrF3OS/c1-14-6-4-2-3-5(9)7(6)13-8(10,11)12/h2-4H,1H3. The van der Waals surface area contributed by atoms with Crippen molar-refractivity contribution in [2.45, 2.75) is 11.3 Å². The number of alkyl halides is 3. The van der Waals surface area contributed by atoms with Crippen molar-refractivity contribution in [3.63, 3.8) is 0 Å². The minimum Gasteiger partial charge on any atom is -0.403 e. The molecule has 14 heavy (non-hydrogen) atoms. The van der Waals surface area contributed by atoms with Crippen molar-refractivity contribution >= 4 is 27.7 Å². The van der Waals surface area contributed by atoms with Gasteiger partial charge in [-0.25, -0.2) is 0 Å². The summed E-state index contributed by atoms with van der Waals surface area (Å²) >= 11 is 4.20. The number of hydrogen-bond donors (Lipinski definition) is 0. The summed E-state index contributed by atoms with van der Waals surface area (Å²) in [4.78, 5) is 0.441. The van der Waals surface area contributed by atoms with Gasteiger partial charge in [0.1, 0.15) is 0 Å². The Bertz CT molecular complexity index is 327. The first-order chi connectivity index (χ1) is 6.44. The summed E-state index contributed by atoms with van der Waals surface area (Å²) in [6.45, 7) is 0. The lowest BCUT2D eigenvalue weighted by atomic mass is 10.3. The van der Waals surface area contributed by atoms with E-state index in [9.17, 15) is 13.2 Å². The van der Waals surface area contributed by atoms with Crippen molar-refractivity contribution in [2.75, 3.05) is 6.26 Å². The van der Waals surface area contributed by atoms with Gasteiger partial charge in [0.25, 0.3) is 0 Å². The van der Waals surface area contributed by atoms with Crippen molar-refractivity contribution in [3.05, 3.63) is 22.7 Å². The fourth-order valence-electron chi connectivity index (χ4n) is 0.865. The minimum atomic E-state index is -4.66. The fourth-order valence-corrected chi connectivity index (χ4v) is 1.99. The summed E-state index contributed by atoms with van der Waals surface area (Å²) in [6.07, 6.45) is -2.97. The summed E-state index contributed by atoms with van der Waals surface area (Å²) in [5.74, 6) is -0.187. The highest BCUT2D eigenvalue weighted by molar-refractivity contribution is 9.10. The van der Waals surface area contributed by atoms with Crippen LogP contribution in [0.3, 0.4) is 0 Å². The van der Waals surface area contributed by atoms with Gasteiger partial charge in [-0.3, -0.25) is 0 Å². The van der Waals surface area contributed by atoms with Crippen LogP contribution < -0.4 is 4.74 Å². The van der Waals surface area contributed by atoms with Crippen molar-refractivity contribution < 1.29 is 17.9 Å². The van der Waals surface area contributed by atoms with Crippen LogP contribution in [0.1, 0.15) is 0 Å². The van der Waals surface area contributed by atoms with Gasteiger partial charge < -0.3 is 4.74 Å². The van der Waals surface area contributed by atoms with E-state index in [1.807, 2.05) is 0 Å². The van der Waals surface area contributed by atoms with E-state index < -0.39 is 6.36 Å². The average molecular weight is 287 g/mol. The summed E-state index contributed by atoms with van der Waals surface area (Å²) in [7, 11) is 0. The predicted octanol–water partition coefficient (Wildman–Crippen LogP) is 4.07.